The first-order chi connectivity index (χ1) is 21.9. The van der Waals surface area contributed by atoms with E-state index in [2.05, 4.69) is 75.8 Å². The number of aromatic hydroxyl groups is 1. The summed E-state index contributed by atoms with van der Waals surface area (Å²) in [4.78, 5) is 29.6. The quantitative estimate of drug-likeness (QED) is 0.276. The van der Waals surface area contributed by atoms with E-state index in [1.54, 1.807) is 12.1 Å². The lowest BCUT2D eigenvalue weighted by Crippen LogP contribution is -2.49. The Hall–Kier alpha value is -4.69. The zero-order valence-electron chi connectivity index (χ0n) is 25.2. The number of halogens is 1. The zero-order chi connectivity index (χ0) is 30.9. The Morgan fingerprint density at radius 1 is 0.778 bits per heavy atom. The molecule has 4 aromatic rings. The summed E-state index contributed by atoms with van der Waals surface area (Å²) in [5.41, 5.74) is 7.39. The van der Waals surface area contributed by atoms with Gasteiger partial charge in [0.1, 0.15) is 11.6 Å². The average molecular weight is 605 g/mol. The minimum Gasteiger partial charge on any atom is -0.508 e. The van der Waals surface area contributed by atoms with E-state index in [1.165, 1.54) is 38.9 Å². The lowest BCUT2D eigenvalue weighted by atomic mass is 9.69. The Balaban J connectivity index is 1.01. The molecular formula is C37H37FN4O3. The van der Waals surface area contributed by atoms with Crippen LogP contribution in [0.4, 0.5) is 20.6 Å². The molecule has 4 aromatic carbocycles. The van der Waals surface area contributed by atoms with Crippen molar-refractivity contribution in [3.63, 3.8) is 0 Å². The lowest BCUT2D eigenvalue weighted by molar-refractivity contribution is -0.120. The predicted octanol–water partition coefficient (Wildman–Crippen LogP) is 6.16. The molecule has 0 aromatic heterocycles. The SMILES string of the molecule is O=C1CCN(c2ccc(CN3CCN(c4ccc([C@@H]5c6ccc(O)cc6CC[C@@H]5c5ccccc5)cc4)CC3)c(F)c2)C(=O)N1. The van der Waals surface area contributed by atoms with Gasteiger partial charge in [-0.2, -0.15) is 0 Å². The van der Waals surface area contributed by atoms with E-state index in [9.17, 15) is 14.7 Å². The molecule has 0 bridgehead atoms. The van der Waals surface area contributed by atoms with Gasteiger partial charge in [-0.05, 0) is 77.4 Å². The Labute approximate surface area is 262 Å². The fraction of sp³-hybridized carbons (Fsp3) is 0.297. The summed E-state index contributed by atoms with van der Waals surface area (Å²) in [7, 11) is 0. The van der Waals surface area contributed by atoms with Crippen molar-refractivity contribution in [1.82, 2.24) is 10.2 Å². The standard InChI is InChI=1S/C37H37FN4O3/c38-34-23-30(42-17-16-35(44)39-37(42)45)12-8-28(34)24-40-18-20-41(21-19-40)29-10-6-26(7-11-29)36-32(25-4-2-1-3-5-25)14-9-27-22-31(43)13-15-33(27)36/h1-8,10-13,15,22-23,32,36,43H,9,14,16-21,24H2,(H,39,44,45)/t32-,36+/m1/s1. The molecular weight excluding hydrogens is 567 g/mol. The van der Waals surface area contributed by atoms with Crippen molar-refractivity contribution >= 4 is 23.3 Å². The van der Waals surface area contributed by atoms with Crippen LogP contribution >= 0.6 is 0 Å². The number of hydrogen-bond donors (Lipinski definition) is 2. The first-order valence-electron chi connectivity index (χ1n) is 15.8. The number of nitrogens with zero attached hydrogens (tertiary/aromatic N) is 3. The smallest absolute Gasteiger partial charge is 0.328 e. The molecule has 8 heteroatoms. The van der Waals surface area contributed by atoms with Gasteiger partial charge in [0, 0.05) is 68.5 Å². The van der Waals surface area contributed by atoms with E-state index in [0.717, 1.165) is 39.0 Å². The van der Waals surface area contributed by atoms with Crippen LogP contribution in [0.1, 0.15) is 52.5 Å². The first-order valence-corrected chi connectivity index (χ1v) is 15.8. The van der Waals surface area contributed by atoms with Crippen LogP contribution in [0.2, 0.25) is 0 Å². The third kappa shape index (κ3) is 6.02. The van der Waals surface area contributed by atoms with Crippen molar-refractivity contribution in [1.29, 1.82) is 0 Å². The molecule has 3 amide bonds. The third-order valence-electron chi connectivity index (χ3n) is 9.60. The molecule has 7 nitrogen and oxygen atoms in total. The summed E-state index contributed by atoms with van der Waals surface area (Å²) in [6.07, 6.45) is 2.19. The molecule has 2 N–H and O–H groups in total. The predicted molar refractivity (Wildman–Crippen MR) is 173 cm³/mol. The fourth-order valence-corrected chi connectivity index (χ4v) is 7.22. The van der Waals surface area contributed by atoms with Gasteiger partial charge in [-0.1, -0.05) is 54.6 Å². The van der Waals surface area contributed by atoms with E-state index in [4.69, 9.17) is 0 Å². The Morgan fingerprint density at radius 3 is 2.27 bits per heavy atom. The number of imide groups is 1. The van der Waals surface area contributed by atoms with Crippen molar-refractivity contribution in [3.8, 4) is 5.75 Å². The van der Waals surface area contributed by atoms with Gasteiger partial charge in [0.2, 0.25) is 5.91 Å². The van der Waals surface area contributed by atoms with E-state index in [1.807, 2.05) is 12.1 Å². The van der Waals surface area contributed by atoms with E-state index < -0.39 is 6.03 Å². The van der Waals surface area contributed by atoms with Crippen LogP contribution in [-0.2, 0) is 17.8 Å². The molecule has 0 saturated carbocycles. The molecule has 230 valence electrons. The second-order valence-electron chi connectivity index (χ2n) is 12.3. The highest BCUT2D eigenvalue weighted by Gasteiger charge is 2.32. The molecule has 0 unspecified atom stereocenters. The van der Waals surface area contributed by atoms with Crippen LogP contribution in [0.5, 0.6) is 5.75 Å². The Bertz CT molecular complexity index is 1700. The molecule has 45 heavy (non-hydrogen) atoms. The van der Waals surface area contributed by atoms with Crippen molar-refractivity contribution in [3.05, 3.63) is 125 Å². The number of benzene rings is 4. The first kappa shape index (κ1) is 29.0. The van der Waals surface area contributed by atoms with Gasteiger partial charge in [-0.25, -0.2) is 9.18 Å². The maximum absolute atomic E-state index is 15.1. The highest BCUT2D eigenvalue weighted by Crippen LogP contribution is 2.47. The molecule has 1 aliphatic carbocycles. The summed E-state index contributed by atoms with van der Waals surface area (Å²) >= 11 is 0. The molecule has 0 spiro atoms. The molecule has 0 radical (unpaired) electrons. The highest BCUT2D eigenvalue weighted by molar-refractivity contribution is 6.05. The van der Waals surface area contributed by atoms with Crippen LogP contribution in [0.3, 0.4) is 0 Å². The number of fused-ring (bicyclic) bond motifs is 1. The number of piperazine rings is 1. The summed E-state index contributed by atoms with van der Waals surface area (Å²) in [5, 5.41) is 12.4. The van der Waals surface area contributed by atoms with Crippen LogP contribution in [-0.4, -0.2) is 54.7 Å². The minimum absolute atomic E-state index is 0.205. The monoisotopic (exact) mass is 604 g/mol. The number of phenols is 1. The number of nitrogens with one attached hydrogen (secondary N) is 1. The number of carbonyl (C=O) groups excluding carboxylic acids is 2. The topological polar surface area (TPSA) is 76.1 Å². The van der Waals surface area contributed by atoms with Gasteiger partial charge in [-0.15, -0.1) is 0 Å². The minimum atomic E-state index is -0.512. The normalized spacial score (nSPS) is 20.6. The molecule has 3 aliphatic rings. The third-order valence-corrected chi connectivity index (χ3v) is 9.60. The molecule has 7 rings (SSSR count). The van der Waals surface area contributed by atoms with Crippen LogP contribution < -0.4 is 15.1 Å². The second-order valence-corrected chi connectivity index (χ2v) is 12.3. The lowest BCUT2D eigenvalue weighted by Gasteiger charge is -2.37. The van der Waals surface area contributed by atoms with Crippen LogP contribution in [0, 0.1) is 5.82 Å². The molecule has 2 aliphatic heterocycles. The summed E-state index contributed by atoms with van der Waals surface area (Å²) in [5.74, 6) is 0.259. The van der Waals surface area contributed by atoms with E-state index in [-0.39, 0.29) is 30.6 Å². The van der Waals surface area contributed by atoms with Gasteiger partial charge in [0.15, 0.2) is 0 Å². The number of carbonyl (C=O) groups is 2. The second kappa shape index (κ2) is 12.4. The van der Waals surface area contributed by atoms with Gasteiger partial charge < -0.3 is 10.0 Å². The molecule has 2 fully saturated rings. The largest absolute Gasteiger partial charge is 0.508 e. The number of rotatable bonds is 6. The maximum Gasteiger partial charge on any atom is 0.328 e. The number of aryl methyl sites for hydroxylation is 1. The summed E-state index contributed by atoms with van der Waals surface area (Å²) in [6.45, 7) is 4.07. The molecule has 2 atom stereocenters. The van der Waals surface area contributed by atoms with Crippen LogP contribution in [0.15, 0.2) is 91.0 Å². The number of anilines is 2. The Kier molecular flexibility index (Phi) is 7.98. The molecule has 2 heterocycles. The van der Waals surface area contributed by atoms with E-state index >= 15 is 4.39 Å². The number of urea groups is 1. The number of phenolic OH excluding ortho intramolecular Hbond substituents is 1. The maximum atomic E-state index is 15.1. The fourth-order valence-electron chi connectivity index (χ4n) is 7.22. The van der Waals surface area contributed by atoms with Gasteiger partial charge in [0.05, 0.1) is 0 Å². The van der Waals surface area contributed by atoms with Crippen molar-refractivity contribution in [2.45, 2.75) is 37.6 Å². The van der Waals surface area contributed by atoms with Crippen LogP contribution in [0.25, 0.3) is 0 Å². The van der Waals surface area contributed by atoms with Gasteiger partial charge in [0.25, 0.3) is 0 Å². The zero-order valence-corrected chi connectivity index (χ0v) is 25.2. The highest BCUT2D eigenvalue weighted by atomic mass is 19.1. The summed E-state index contributed by atoms with van der Waals surface area (Å²) < 4.78 is 15.1. The number of amides is 3. The van der Waals surface area contributed by atoms with Crippen molar-refractivity contribution < 1.29 is 19.1 Å². The van der Waals surface area contributed by atoms with E-state index in [0.29, 0.717) is 29.5 Å². The molecule has 2 saturated heterocycles. The Morgan fingerprint density at radius 2 is 1.53 bits per heavy atom. The average Bonchev–Trinajstić information content (AvgIpc) is 3.06. The van der Waals surface area contributed by atoms with Gasteiger partial charge in [-0.3, -0.25) is 19.9 Å². The van der Waals surface area contributed by atoms with Crippen molar-refractivity contribution in [2.24, 2.45) is 0 Å². The summed E-state index contributed by atoms with van der Waals surface area (Å²) in [6, 6.07) is 29.9. The number of hydrogen-bond acceptors (Lipinski definition) is 5. The van der Waals surface area contributed by atoms with Crippen molar-refractivity contribution in [2.75, 3.05) is 42.5 Å². The van der Waals surface area contributed by atoms with Gasteiger partial charge >= 0.3 is 6.03 Å².